The van der Waals surface area contributed by atoms with Crippen molar-refractivity contribution in [1.82, 2.24) is 0 Å². The summed E-state index contributed by atoms with van der Waals surface area (Å²) in [6.07, 6.45) is -0.853. The number of methoxy groups -OCH3 is 2. The molecule has 1 heterocycles. The van der Waals surface area contributed by atoms with Crippen molar-refractivity contribution < 1.29 is 50.3 Å². The van der Waals surface area contributed by atoms with Gasteiger partial charge in [0, 0.05) is 37.1 Å². The van der Waals surface area contributed by atoms with Gasteiger partial charge in [-0.2, -0.15) is 0 Å². The maximum atomic E-state index is 7.50. The molecule has 2 rings (SSSR count). The third-order valence-corrected chi connectivity index (χ3v) is 4.68. The standard InChI is InChI=1S/C18H28O4.3CO.Cr/c1-12-10-8-9-11-13(12)16-21-14(17(2,3)19-6)15(22-16)18(4,5)20-7;3*1-2;/h8-11,14-16H,1-7H3;;;;/t14-,15-;;;;/m1..../s1. The summed E-state index contributed by atoms with van der Waals surface area (Å²) >= 11 is 0. The summed E-state index contributed by atoms with van der Waals surface area (Å²) in [5.41, 5.74) is 1.25. The Morgan fingerprint density at radius 3 is 1.45 bits per heavy atom. The molecule has 1 saturated heterocycles. The van der Waals surface area contributed by atoms with Crippen LogP contribution < -0.4 is 0 Å². The van der Waals surface area contributed by atoms with Gasteiger partial charge < -0.3 is 18.9 Å². The van der Waals surface area contributed by atoms with Crippen molar-refractivity contribution in [2.75, 3.05) is 14.2 Å². The van der Waals surface area contributed by atoms with Crippen LogP contribution in [-0.2, 0) is 50.3 Å². The molecule has 0 saturated carbocycles. The van der Waals surface area contributed by atoms with Crippen LogP contribution in [0.1, 0.15) is 45.1 Å². The van der Waals surface area contributed by atoms with Crippen LogP contribution in [0, 0.1) is 26.9 Å². The van der Waals surface area contributed by atoms with Crippen LogP contribution in [0.3, 0.4) is 0 Å². The summed E-state index contributed by atoms with van der Waals surface area (Å²) < 4.78 is 46.3. The summed E-state index contributed by atoms with van der Waals surface area (Å²) in [6, 6.07) is 8.12. The van der Waals surface area contributed by atoms with Crippen molar-refractivity contribution in [3.63, 3.8) is 0 Å². The predicted molar refractivity (Wildman–Crippen MR) is 97.6 cm³/mol. The minimum absolute atomic E-state index is 0. The number of ether oxygens (including phenoxy) is 4. The van der Waals surface area contributed by atoms with Gasteiger partial charge in [0.2, 0.25) is 0 Å². The number of hydrogen-bond acceptors (Lipinski definition) is 4. The van der Waals surface area contributed by atoms with Gasteiger partial charge in [-0.3, -0.25) is 0 Å². The van der Waals surface area contributed by atoms with Gasteiger partial charge in [-0.25, -0.2) is 0 Å². The second-order valence-electron chi connectivity index (χ2n) is 6.92. The minimum atomic E-state index is -0.474. The Hall–Kier alpha value is -1.19. The monoisotopic (exact) mass is 444 g/mol. The smallest absolute Gasteiger partial charge is 0 e. The molecule has 1 aliphatic heterocycles. The molecule has 0 aliphatic carbocycles. The van der Waals surface area contributed by atoms with Gasteiger partial charge in [-0.15, -0.1) is 0 Å². The normalized spacial score (nSPS) is 18.4. The largest absolute Gasteiger partial charge is 0 e. The summed E-state index contributed by atoms with van der Waals surface area (Å²) in [5, 5.41) is 0. The molecule has 160 valence electrons. The van der Waals surface area contributed by atoms with Gasteiger partial charge in [0.25, 0.3) is 0 Å². The SMILES string of the molecule is COC(C)(C)[C@@H]1OC(c2ccccc2C)O[C@H]1C(C)(C)OC.[C-]#[O+].[C-]#[O+].[C-]#[O+].[Cr]. The Morgan fingerprint density at radius 2 is 1.14 bits per heavy atom. The Morgan fingerprint density at radius 1 is 0.793 bits per heavy atom. The van der Waals surface area contributed by atoms with Crippen LogP contribution in [0.5, 0.6) is 0 Å². The second-order valence-corrected chi connectivity index (χ2v) is 6.92. The first-order chi connectivity index (χ1) is 13.2. The molecule has 0 spiro atoms. The first-order valence-electron chi connectivity index (χ1n) is 8.31. The molecule has 0 N–H and O–H groups in total. The van der Waals surface area contributed by atoms with Crippen LogP contribution in [0.15, 0.2) is 24.3 Å². The molecule has 1 aromatic carbocycles. The molecule has 0 amide bonds. The Kier molecular flexibility index (Phi) is 17.5. The van der Waals surface area contributed by atoms with E-state index < -0.39 is 17.5 Å². The van der Waals surface area contributed by atoms with Crippen LogP contribution in [-0.4, -0.2) is 37.6 Å². The maximum Gasteiger partial charge on any atom is 0 e. The van der Waals surface area contributed by atoms with Crippen LogP contribution in [0.2, 0.25) is 0 Å². The molecule has 0 unspecified atom stereocenters. The first-order valence-corrected chi connectivity index (χ1v) is 8.31. The molecule has 0 bridgehead atoms. The van der Waals surface area contributed by atoms with Crippen molar-refractivity contribution in [3.05, 3.63) is 55.3 Å². The van der Waals surface area contributed by atoms with Gasteiger partial charge in [0.15, 0.2) is 6.29 Å². The second kappa shape index (κ2) is 15.6. The fourth-order valence-electron chi connectivity index (χ4n) is 2.73. The van der Waals surface area contributed by atoms with E-state index in [-0.39, 0.29) is 29.6 Å². The molecule has 1 fully saturated rings. The topological polar surface area (TPSA) is 96.6 Å². The molecular weight excluding hydrogens is 416 g/mol. The fourth-order valence-corrected chi connectivity index (χ4v) is 2.73. The molecule has 8 heteroatoms. The summed E-state index contributed by atoms with van der Waals surface area (Å²) in [7, 11) is 3.39. The van der Waals surface area contributed by atoms with Crippen LogP contribution in [0.4, 0.5) is 0 Å². The predicted octanol–water partition coefficient (Wildman–Crippen LogP) is 3.51. The molecular formula is C21H28CrO7. The third kappa shape index (κ3) is 8.60. The van der Waals surface area contributed by atoms with E-state index in [0.717, 1.165) is 11.1 Å². The zero-order valence-corrected chi connectivity index (χ0v) is 19.1. The van der Waals surface area contributed by atoms with E-state index >= 15 is 0 Å². The van der Waals surface area contributed by atoms with E-state index in [0.29, 0.717) is 0 Å². The molecule has 0 aromatic heterocycles. The van der Waals surface area contributed by atoms with Crippen molar-refractivity contribution >= 4 is 0 Å². The number of hydrogen-bond donors (Lipinski definition) is 0. The molecule has 1 aromatic rings. The number of benzene rings is 1. The Balaban J connectivity index is -0.000000883. The molecule has 7 nitrogen and oxygen atoms in total. The van der Waals surface area contributed by atoms with Crippen molar-refractivity contribution in [1.29, 1.82) is 0 Å². The van der Waals surface area contributed by atoms with Gasteiger partial charge in [0.1, 0.15) is 12.2 Å². The summed E-state index contributed by atoms with van der Waals surface area (Å²) in [6.45, 7) is 23.6. The summed E-state index contributed by atoms with van der Waals surface area (Å²) in [4.78, 5) is 0. The maximum absolute atomic E-state index is 7.50. The van der Waals surface area contributed by atoms with Crippen LogP contribution in [0.25, 0.3) is 0 Å². The third-order valence-electron chi connectivity index (χ3n) is 4.68. The quantitative estimate of drug-likeness (QED) is 0.513. The van der Waals surface area contributed by atoms with E-state index in [1.54, 1.807) is 14.2 Å². The zero-order valence-electron chi connectivity index (χ0n) is 17.8. The van der Waals surface area contributed by atoms with E-state index in [1.165, 1.54) is 0 Å². The van der Waals surface area contributed by atoms with E-state index in [1.807, 2.05) is 45.9 Å². The van der Waals surface area contributed by atoms with Gasteiger partial charge in [-0.1, -0.05) is 24.3 Å². The Bertz CT molecular complexity index is 599. The van der Waals surface area contributed by atoms with E-state index in [2.05, 4.69) is 32.9 Å². The number of aryl methyl sites for hydroxylation is 1. The van der Waals surface area contributed by atoms with Gasteiger partial charge >= 0.3 is 33.9 Å². The summed E-state index contributed by atoms with van der Waals surface area (Å²) in [5.74, 6) is 0. The Labute approximate surface area is 184 Å². The van der Waals surface area contributed by atoms with Gasteiger partial charge in [0.05, 0.1) is 11.2 Å². The minimum Gasteiger partial charge on any atom is 0 e. The average molecular weight is 444 g/mol. The van der Waals surface area contributed by atoms with Crippen molar-refractivity contribution in [3.8, 4) is 0 Å². The van der Waals surface area contributed by atoms with Gasteiger partial charge in [-0.05, 0) is 40.2 Å². The van der Waals surface area contributed by atoms with Crippen LogP contribution >= 0.6 is 0 Å². The fraction of sp³-hybridized carbons (Fsp3) is 0.571. The van der Waals surface area contributed by atoms with E-state index in [4.69, 9.17) is 32.9 Å². The molecule has 1 aliphatic rings. The average Bonchev–Trinajstić information content (AvgIpc) is 3.20. The molecule has 0 radical (unpaired) electrons. The number of rotatable bonds is 5. The molecule has 2 atom stereocenters. The van der Waals surface area contributed by atoms with E-state index in [9.17, 15) is 0 Å². The zero-order chi connectivity index (χ0) is 22.5. The van der Waals surface area contributed by atoms with Crippen molar-refractivity contribution in [2.45, 2.75) is 64.3 Å². The first kappa shape index (κ1) is 32.5. The molecule has 29 heavy (non-hydrogen) atoms. The van der Waals surface area contributed by atoms with Crippen molar-refractivity contribution in [2.24, 2.45) is 0 Å².